The predicted octanol–water partition coefficient (Wildman–Crippen LogP) is 2.49. The van der Waals surface area contributed by atoms with Crippen LogP contribution in [0.25, 0.3) is 0 Å². The first-order chi connectivity index (χ1) is 8.81. The van der Waals surface area contributed by atoms with Crippen molar-refractivity contribution >= 4 is 17.3 Å². The highest BCUT2D eigenvalue weighted by Gasteiger charge is 2.19. The van der Waals surface area contributed by atoms with Crippen molar-refractivity contribution in [3.05, 3.63) is 23.8 Å². The quantitative estimate of drug-likeness (QED) is 0.802. The van der Waals surface area contributed by atoms with Crippen LogP contribution in [-0.2, 0) is 4.79 Å². The number of aryl methyl sites for hydroxylation is 1. The molecule has 0 fully saturated rings. The molecular formula is C15H25N3O. The van der Waals surface area contributed by atoms with Gasteiger partial charge >= 0.3 is 0 Å². The number of hydrogen-bond acceptors (Lipinski definition) is 3. The van der Waals surface area contributed by atoms with Crippen molar-refractivity contribution < 1.29 is 4.79 Å². The number of nitrogen functional groups attached to an aromatic ring is 1. The first-order valence-corrected chi connectivity index (χ1v) is 6.68. The maximum Gasteiger partial charge on any atom is 0.241 e. The van der Waals surface area contributed by atoms with Crippen LogP contribution >= 0.6 is 0 Å². The molecule has 0 radical (unpaired) electrons. The van der Waals surface area contributed by atoms with Crippen molar-refractivity contribution in [3.63, 3.8) is 0 Å². The number of benzene rings is 1. The average molecular weight is 263 g/mol. The Morgan fingerprint density at radius 2 is 2.00 bits per heavy atom. The minimum Gasteiger partial charge on any atom is -0.399 e. The Labute approximate surface area is 116 Å². The van der Waals surface area contributed by atoms with E-state index in [0.29, 0.717) is 11.6 Å². The van der Waals surface area contributed by atoms with Gasteiger partial charge < -0.3 is 11.1 Å². The Morgan fingerprint density at radius 1 is 1.37 bits per heavy atom. The lowest BCUT2D eigenvalue weighted by molar-refractivity contribution is -0.120. The Kier molecular flexibility index (Phi) is 5.36. The second kappa shape index (κ2) is 6.57. The Bertz CT molecular complexity index is 443. The van der Waals surface area contributed by atoms with E-state index >= 15 is 0 Å². The van der Waals surface area contributed by atoms with E-state index in [1.54, 1.807) is 6.07 Å². The van der Waals surface area contributed by atoms with Crippen molar-refractivity contribution in [1.82, 2.24) is 4.90 Å². The van der Waals surface area contributed by atoms with Gasteiger partial charge in [-0.1, -0.05) is 19.9 Å². The molecule has 4 nitrogen and oxygen atoms in total. The van der Waals surface area contributed by atoms with Crippen LogP contribution in [-0.4, -0.2) is 30.4 Å². The zero-order valence-electron chi connectivity index (χ0n) is 12.5. The molecule has 0 spiro atoms. The van der Waals surface area contributed by atoms with E-state index in [1.807, 2.05) is 33.0 Å². The smallest absolute Gasteiger partial charge is 0.241 e. The molecule has 1 aromatic carbocycles. The number of carbonyl (C=O) groups excluding carboxylic acids is 1. The lowest BCUT2D eigenvalue weighted by Crippen LogP contribution is -2.41. The molecule has 3 N–H and O–H groups in total. The van der Waals surface area contributed by atoms with Gasteiger partial charge in [0, 0.05) is 17.9 Å². The molecule has 1 rings (SSSR count). The first-order valence-electron chi connectivity index (χ1n) is 6.68. The molecule has 0 aromatic heterocycles. The summed E-state index contributed by atoms with van der Waals surface area (Å²) < 4.78 is 0. The highest BCUT2D eigenvalue weighted by Crippen LogP contribution is 2.18. The number of anilines is 2. The van der Waals surface area contributed by atoms with E-state index in [0.717, 1.165) is 17.8 Å². The molecule has 0 saturated carbocycles. The number of nitrogens with zero attached hydrogens (tertiary/aromatic N) is 1. The third-order valence-corrected chi connectivity index (χ3v) is 3.21. The number of likely N-dealkylation sites (N-methyl/N-ethyl adjacent to an activating group) is 1. The maximum absolute atomic E-state index is 12.2. The normalized spacial score (nSPS) is 12.8. The van der Waals surface area contributed by atoms with Gasteiger partial charge in [0.1, 0.15) is 0 Å². The van der Waals surface area contributed by atoms with Gasteiger partial charge in [-0.15, -0.1) is 0 Å². The SMILES string of the molecule is Cc1ccc(N)cc1NC(=O)C(C)N(C)CC(C)C. The summed E-state index contributed by atoms with van der Waals surface area (Å²) in [5.41, 5.74) is 8.20. The summed E-state index contributed by atoms with van der Waals surface area (Å²) >= 11 is 0. The molecule has 1 unspecified atom stereocenters. The third kappa shape index (κ3) is 4.56. The first kappa shape index (κ1) is 15.5. The lowest BCUT2D eigenvalue weighted by Gasteiger charge is -2.25. The van der Waals surface area contributed by atoms with Gasteiger partial charge in [-0.2, -0.15) is 0 Å². The molecule has 0 aliphatic rings. The molecule has 0 heterocycles. The summed E-state index contributed by atoms with van der Waals surface area (Å²) in [5, 5.41) is 2.94. The van der Waals surface area contributed by atoms with Gasteiger partial charge in [0.25, 0.3) is 0 Å². The average Bonchev–Trinajstić information content (AvgIpc) is 2.31. The van der Waals surface area contributed by atoms with Crippen LogP contribution in [0.3, 0.4) is 0 Å². The predicted molar refractivity (Wildman–Crippen MR) is 81.2 cm³/mol. The molecule has 0 aliphatic heterocycles. The minimum absolute atomic E-state index is 0.00292. The number of carbonyl (C=O) groups is 1. The zero-order valence-corrected chi connectivity index (χ0v) is 12.5. The number of hydrogen-bond donors (Lipinski definition) is 2. The van der Waals surface area contributed by atoms with Crippen LogP contribution in [0.2, 0.25) is 0 Å². The zero-order chi connectivity index (χ0) is 14.6. The van der Waals surface area contributed by atoms with Crippen LogP contribution < -0.4 is 11.1 Å². The van der Waals surface area contributed by atoms with Crippen molar-refractivity contribution in [1.29, 1.82) is 0 Å². The fourth-order valence-electron chi connectivity index (χ4n) is 1.95. The van der Waals surface area contributed by atoms with Crippen molar-refractivity contribution in [2.75, 3.05) is 24.6 Å². The van der Waals surface area contributed by atoms with E-state index in [1.165, 1.54) is 0 Å². The molecule has 1 atom stereocenters. The molecule has 1 aromatic rings. The number of amides is 1. The summed E-state index contributed by atoms with van der Waals surface area (Å²) in [6, 6.07) is 5.37. The highest BCUT2D eigenvalue weighted by atomic mass is 16.2. The van der Waals surface area contributed by atoms with Gasteiger partial charge in [0.2, 0.25) is 5.91 Å². The summed E-state index contributed by atoms with van der Waals surface area (Å²) in [7, 11) is 1.97. The summed E-state index contributed by atoms with van der Waals surface area (Å²) in [6.45, 7) is 9.05. The standard InChI is InChI=1S/C15H25N3O/c1-10(2)9-18(5)12(4)15(19)17-14-8-13(16)7-6-11(14)3/h6-8,10,12H,9,16H2,1-5H3,(H,17,19). The minimum atomic E-state index is -0.164. The molecule has 0 saturated heterocycles. The lowest BCUT2D eigenvalue weighted by atomic mass is 10.1. The van der Waals surface area contributed by atoms with Crippen LogP contribution in [0.4, 0.5) is 11.4 Å². The van der Waals surface area contributed by atoms with Crippen LogP contribution in [0.5, 0.6) is 0 Å². The highest BCUT2D eigenvalue weighted by molar-refractivity contribution is 5.95. The van der Waals surface area contributed by atoms with Crippen LogP contribution in [0.15, 0.2) is 18.2 Å². The summed E-state index contributed by atoms with van der Waals surface area (Å²) in [5.74, 6) is 0.534. The molecule has 106 valence electrons. The number of nitrogens with two attached hydrogens (primary N) is 1. The van der Waals surface area contributed by atoms with Crippen molar-refractivity contribution in [2.24, 2.45) is 5.92 Å². The number of nitrogens with one attached hydrogen (secondary N) is 1. The molecule has 1 amide bonds. The largest absolute Gasteiger partial charge is 0.399 e. The van der Waals surface area contributed by atoms with Gasteiger partial charge in [-0.25, -0.2) is 0 Å². The molecule has 0 aliphatic carbocycles. The van der Waals surface area contributed by atoms with E-state index in [2.05, 4.69) is 24.1 Å². The third-order valence-electron chi connectivity index (χ3n) is 3.21. The Hall–Kier alpha value is -1.55. The summed E-state index contributed by atoms with van der Waals surface area (Å²) in [4.78, 5) is 14.3. The Morgan fingerprint density at radius 3 is 2.58 bits per heavy atom. The molecule has 19 heavy (non-hydrogen) atoms. The second-order valence-corrected chi connectivity index (χ2v) is 5.57. The van der Waals surface area contributed by atoms with Gasteiger partial charge in [-0.05, 0) is 44.5 Å². The van der Waals surface area contributed by atoms with E-state index in [4.69, 9.17) is 5.73 Å². The summed E-state index contributed by atoms with van der Waals surface area (Å²) in [6.07, 6.45) is 0. The van der Waals surface area contributed by atoms with E-state index < -0.39 is 0 Å². The fourth-order valence-corrected chi connectivity index (χ4v) is 1.95. The van der Waals surface area contributed by atoms with Gasteiger partial charge in [0.05, 0.1) is 6.04 Å². The van der Waals surface area contributed by atoms with Crippen molar-refractivity contribution in [2.45, 2.75) is 33.7 Å². The van der Waals surface area contributed by atoms with Gasteiger partial charge in [-0.3, -0.25) is 9.69 Å². The van der Waals surface area contributed by atoms with Crippen LogP contribution in [0.1, 0.15) is 26.3 Å². The maximum atomic E-state index is 12.2. The molecule has 4 heteroatoms. The monoisotopic (exact) mass is 263 g/mol. The van der Waals surface area contributed by atoms with Crippen LogP contribution in [0, 0.1) is 12.8 Å². The molecular weight excluding hydrogens is 238 g/mol. The van der Waals surface area contributed by atoms with E-state index in [9.17, 15) is 4.79 Å². The Balaban J connectivity index is 2.71. The molecule has 0 bridgehead atoms. The van der Waals surface area contributed by atoms with Gasteiger partial charge in [0.15, 0.2) is 0 Å². The topological polar surface area (TPSA) is 58.4 Å². The van der Waals surface area contributed by atoms with E-state index in [-0.39, 0.29) is 11.9 Å². The fraction of sp³-hybridized carbons (Fsp3) is 0.533. The number of rotatable bonds is 5. The second-order valence-electron chi connectivity index (χ2n) is 5.57. The van der Waals surface area contributed by atoms with Crippen molar-refractivity contribution in [3.8, 4) is 0 Å².